The Morgan fingerprint density at radius 2 is 2.00 bits per heavy atom. The fraction of sp³-hybridized carbons (Fsp3) is 0.647. The van der Waals surface area contributed by atoms with Gasteiger partial charge in [-0.15, -0.1) is 0 Å². The molecule has 0 spiro atoms. The molecule has 3 aliphatic heterocycles. The first kappa shape index (κ1) is 12.7. The summed E-state index contributed by atoms with van der Waals surface area (Å²) in [6, 6.07) is 8.38. The van der Waals surface area contributed by atoms with Crippen LogP contribution in [0.25, 0.3) is 0 Å². The van der Waals surface area contributed by atoms with E-state index in [9.17, 15) is 0 Å². The summed E-state index contributed by atoms with van der Waals surface area (Å²) in [6.07, 6.45) is 6.42. The van der Waals surface area contributed by atoms with Gasteiger partial charge in [-0.2, -0.15) is 0 Å². The van der Waals surface area contributed by atoms with Gasteiger partial charge in [0.15, 0.2) is 0 Å². The quantitative estimate of drug-likeness (QED) is 0.897. The molecule has 3 nitrogen and oxygen atoms in total. The zero-order valence-corrected chi connectivity index (χ0v) is 12.2. The van der Waals surface area contributed by atoms with Crippen molar-refractivity contribution >= 4 is 0 Å². The Morgan fingerprint density at radius 1 is 1.25 bits per heavy atom. The molecule has 108 valence electrons. The molecule has 0 amide bonds. The van der Waals surface area contributed by atoms with Gasteiger partial charge in [0, 0.05) is 31.1 Å². The number of piperidine rings is 1. The van der Waals surface area contributed by atoms with Gasteiger partial charge in [-0.25, -0.2) is 0 Å². The van der Waals surface area contributed by atoms with Gasteiger partial charge in [0.25, 0.3) is 0 Å². The molecular weight excluding hydrogens is 248 g/mol. The number of hydrogen-bond donors (Lipinski definition) is 1. The van der Waals surface area contributed by atoms with E-state index >= 15 is 0 Å². The molecule has 2 bridgehead atoms. The third-order valence-corrected chi connectivity index (χ3v) is 5.29. The third kappa shape index (κ3) is 2.13. The van der Waals surface area contributed by atoms with Crippen molar-refractivity contribution in [1.82, 2.24) is 4.90 Å². The van der Waals surface area contributed by atoms with Crippen molar-refractivity contribution in [3.05, 3.63) is 29.3 Å². The molecule has 3 heteroatoms. The van der Waals surface area contributed by atoms with E-state index in [1.165, 1.54) is 36.8 Å². The monoisotopic (exact) mass is 272 g/mol. The van der Waals surface area contributed by atoms with E-state index in [0.717, 1.165) is 18.7 Å². The standard InChI is InChI=1S/C17H24N2O/c1-11-2-5-17-12(6-11)7-16(20-17)10-19-14-3-4-15(19)9-13(18)8-14/h2,5-6,13-16H,3-4,7-10,18H2,1H3. The molecule has 3 heterocycles. The fourth-order valence-electron chi connectivity index (χ4n) is 4.40. The van der Waals surface area contributed by atoms with Gasteiger partial charge in [-0.3, -0.25) is 4.90 Å². The predicted molar refractivity (Wildman–Crippen MR) is 80.0 cm³/mol. The number of nitrogens with zero attached hydrogens (tertiary/aromatic N) is 1. The Hall–Kier alpha value is -1.06. The normalized spacial score (nSPS) is 35.9. The smallest absolute Gasteiger partial charge is 0.123 e. The molecule has 1 aromatic rings. The van der Waals surface area contributed by atoms with Crippen LogP contribution in [0.1, 0.15) is 36.8 Å². The topological polar surface area (TPSA) is 38.5 Å². The largest absolute Gasteiger partial charge is 0.488 e. The van der Waals surface area contributed by atoms with E-state index in [1.807, 2.05) is 0 Å². The Morgan fingerprint density at radius 3 is 2.75 bits per heavy atom. The first-order valence-electron chi connectivity index (χ1n) is 7.96. The molecule has 3 atom stereocenters. The lowest BCUT2D eigenvalue weighted by molar-refractivity contribution is 0.0772. The van der Waals surface area contributed by atoms with E-state index in [-0.39, 0.29) is 0 Å². The molecule has 3 unspecified atom stereocenters. The van der Waals surface area contributed by atoms with Crippen LogP contribution in [-0.4, -0.2) is 35.7 Å². The maximum atomic E-state index is 6.15. The summed E-state index contributed by atoms with van der Waals surface area (Å²) in [7, 11) is 0. The van der Waals surface area contributed by atoms with E-state index < -0.39 is 0 Å². The summed E-state index contributed by atoms with van der Waals surface area (Å²) < 4.78 is 6.14. The van der Waals surface area contributed by atoms with Gasteiger partial charge < -0.3 is 10.5 Å². The summed E-state index contributed by atoms with van der Waals surface area (Å²) in [5, 5.41) is 0. The number of rotatable bonds is 2. The molecule has 4 rings (SSSR count). The second-order valence-corrected chi connectivity index (χ2v) is 6.87. The Bertz CT molecular complexity index is 502. The van der Waals surface area contributed by atoms with Crippen LogP contribution < -0.4 is 10.5 Å². The summed E-state index contributed by atoms with van der Waals surface area (Å²) in [6.45, 7) is 3.23. The highest BCUT2D eigenvalue weighted by Crippen LogP contribution is 2.37. The number of hydrogen-bond acceptors (Lipinski definition) is 3. The first-order valence-corrected chi connectivity index (χ1v) is 7.96. The van der Waals surface area contributed by atoms with Crippen molar-refractivity contribution in [3.63, 3.8) is 0 Å². The lowest BCUT2D eigenvalue weighted by atomic mass is 9.97. The molecular formula is C17H24N2O. The molecule has 2 N–H and O–H groups in total. The van der Waals surface area contributed by atoms with Gasteiger partial charge in [0.05, 0.1) is 0 Å². The van der Waals surface area contributed by atoms with Crippen molar-refractivity contribution in [2.75, 3.05) is 6.54 Å². The van der Waals surface area contributed by atoms with Gasteiger partial charge >= 0.3 is 0 Å². The number of ether oxygens (including phenoxy) is 1. The van der Waals surface area contributed by atoms with E-state index in [2.05, 4.69) is 30.0 Å². The highest BCUT2D eigenvalue weighted by atomic mass is 16.5. The Balaban J connectivity index is 1.44. The Kier molecular flexibility index (Phi) is 3.00. The van der Waals surface area contributed by atoms with E-state index in [1.54, 1.807) is 0 Å². The molecule has 0 saturated carbocycles. The average Bonchev–Trinajstić information content (AvgIpc) is 2.89. The molecule has 20 heavy (non-hydrogen) atoms. The van der Waals surface area contributed by atoms with Crippen LogP contribution in [0.2, 0.25) is 0 Å². The molecule has 0 aliphatic carbocycles. The molecule has 3 aliphatic rings. The van der Waals surface area contributed by atoms with Crippen LogP contribution in [0.4, 0.5) is 0 Å². The van der Waals surface area contributed by atoms with Gasteiger partial charge in [0.1, 0.15) is 11.9 Å². The highest BCUT2D eigenvalue weighted by molar-refractivity contribution is 5.40. The van der Waals surface area contributed by atoms with Crippen molar-refractivity contribution < 1.29 is 4.74 Å². The second-order valence-electron chi connectivity index (χ2n) is 6.87. The summed E-state index contributed by atoms with van der Waals surface area (Å²) in [4.78, 5) is 2.69. The van der Waals surface area contributed by atoms with E-state index in [4.69, 9.17) is 10.5 Å². The van der Waals surface area contributed by atoms with Crippen molar-refractivity contribution in [3.8, 4) is 5.75 Å². The van der Waals surface area contributed by atoms with Gasteiger partial charge in [0.2, 0.25) is 0 Å². The minimum atomic E-state index is 0.337. The van der Waals surface area contributed by atoms with Crippen molar-refractivity contribution in [1.29, 1.82) is 0 Å². The molecule has 2 saturated heterocycles. The molecule has 0 aromatic heterocycles. The fourth-order valence-corrected chi connectivity index (χ4v) is 4.40. The second kappa shape index (κ2) is 4.74. The minimum Gasteiger partial charge on any atom is -0.488 e. The lowest BCUT2D eigenvalue weighted by Crippen LogP contribution is -2.50. The van der Waals surface area contributed by atoms with E-state index in [0.29, 0.717) is 24.2 Å². The molecule has 0 radical (unpaired) electrons. The van der Waals surface area contributed by atoms with Crippen LogP contribution in [-0.2, 0) is 6.42 Å². The van der Waals surface area contributed by atoms with Crippen LogP contribution in [0.15, 0.2) is 18.2 Å². The summed E-state index contributed by atoms with van der Waals surface area (Å²) >= 11 is 0. The van der Waals surface area contributed by atoms with Crippen LogP contribution >= 0.6 is 0 Å². The highest BCUT2D eigenvalue weighted by Gasteiger charge is 2.41. The number of fused-ring (bicyclic) bond motifs is 3. The first-order chi connectivity index (χ1) is 9.69. The summed E-state index contributed by atoms with van der Waals surface area (Å²) in [5.74, 6) is 1.10. The third-order valence-electron chi connectivity index (χ3n) is 5.29. The van der Waals surface area contributed by atoms with Crippen molar-refractivity contribution in [2.45, 2.75) is 63.3 Å². The zero-order valence-electron chi connectivity index (χ0n) is 12.2. The number of benzene rings is 1. The molecule has 2 fully saturated rings. The lowest BCUT2D eigenvalue weighted by Gasteiger charge is -2.38. The van der Waals surface area contributed by atoms with Gasteiger partial charge in [-0.05, 0) is 44.2 Å². The zero-order chi connectivity index (χ0) is 13.7. The SMILES string of the molecule is Cc1ccc2c(c1)CC(CN1C3CCC1CC(N)C3)O2. The van der Waals surface area contributed by atoms with Gasteiger partial charge in [-0.1, -0.05) is 17.7 Å². The van der Waals surface area contributed by atoms with Crippen LogP contribution in [0.3, 0.4) is 0 Å². The number of nitrogens with two attached hydrogens (primary N) is 1. The average molecular weight is 272 g/mol. The van der Waals surface area contributed by atoms with Crippen LogP contribution in [0, 0.1) is 6.92 Å². The van der Waals surface area contributed by atoms with Crippen molar-refractivity contribution in [2.24, 2.45) is 5.73 Å². The summed E-state index contributed by atoms with van der Waals surface area (Å²) in [5.41, 5.74) is 8.87. The predicted octanol–water partition coefficient (Wildman–Crippen LogP) is 2.25. The molecule has 1 aromatic carbocycles. The minimum absolute atomic E-state index is 0.337. The Labute approximate surface area is 121 Å². The number of aryl methyl sites for hydroxylation is 1. The maximum Gasteiger partial charge on any atom is 0.123 e. The maximum absolute atomic E-state index is 6.15. The van der Waals surface area contributed by atoms with Crippen LogP contribution in [0.5, 0.6) is 5.75 Å².